The first-order valence-corrected chi connectivity index (χ1v) is 13.2. The van der Waals surface area contributed by atoms with Crippen LogP contribution in [0.15, 0.2) is 67.4 Å². The third-order valence-electron chi connectivity index (χ3n) is 7.36. The van der Waals surface area contributed by atoms with E-state index in [0.717, 1.165) is 34.2 Å². The highest BCUT2D eigenvalue weighted by Crippen LogP contribution is 2.36. The number of fused-ring (bicyclic) bond motifs is 1. The van der Waals surface area contributed by atoms with Crippen molar-refractivity contribution in [3.05, 3.63) is 84.1 Å². The molecule has 1 aliphatic rings. The Balaban J connectivity index is 1.42. The molecule has 1 saturated heterocycles. The summed E-state index contributed by atoms with van der Waals surface area (Å²) >= 11 is 0. The average Bonchev–Trinajstić information content (AvgIpc) is 3.56. The molecule has 1 unspecified atom stereocenters. The van der Waals surface area contributed by atoms with Gasteiger partial charge in [-0.05, 0) is 71.4 Å². The van der Waals surface area contributed by atoms with Crippen molar-refractivity contribution in [1.29, 1.82) is 0 Å². The number of nitrogens with one attached hydrogen (secondary N) is 3. The smallest absolute Gasteiger partial charge is 0.255 e. The Kier molecular flexibility index (Phi) is 6.95. The second-order valence-corrected chi connectivity index (χ2v) is 11.0. The highest BCUT2D eigenvalue weighted by atomic mass is 16.2. The zero-order valence-corrected chi connectivity index (χ0v) is 22.8. The van der Waals surface area contributed by atoms with Gasteiger partial charge in [0.2, 0.25) is 5.91 Å². The molecule has 0 bridgehead atoms. The third-order valence-corrected chi connectivity index (χ3v) is 7.36. The predicted molar refractivity (Wildman–Crippen MR) is 156 cm³/mol. The summed E-state index contributed by atoms with van der Waals surface area (Å²) in [7, 11) is 0. The summed E-state index contributed by atoms with van der Waals surface area (Å²) in [6.45, 7) is 13.3. The van der Waals surface area contributed by atoms with Crippen molar-refractivity contribution < 1.29 is 9.59 Å². The van der Waals surface area contributed by atoms with Crippen molar-refractivity contribution in [2.24, 2.45) is 0 Å². The number of nitrogens with zero attached hydrogens (tertiary/aromatic N) is 3. The molecule has 5 rings (SSSR count). The Hall–Kier alpha value is -4.46. The Morgan fingerprint density at radius 2 is 1.87 bits per heavy atom. The van der Waals surface area contributed by atoms with Crippen LogP contribution < -0.4 is 10.6 Å². The number of anilines is 2. The minimum absolute atomic E-state index is 0.0246. The number of carbonyl (C=O) groups is 2. The molecule has 1 aliphatic heterocycles. The Morgan fingerprint density at radius 3 is 2.59 bits per heavy atom. The molecule has 3 N–H and O–H groups in total. The van der Waals surface area contributed by atoms with Gasteiger partial charge < -0.3 is 15.5 Å². The zero-order valence-electron chi connectivity index (χ0n) is 22.8. The molecule has 2 aromatic heterocycles. The summed E-state index contributed by atoms with van der Waals surface area (Å²) in [5.41, 5.74) is 6.10. The number of benzene rings is 2. The number of hydrogen-bond acceptors (Lipinski definition) is 5. The van der Waals surface area contributed by atoms with Crippen molar-refractivity contribution in [1.82, 2.24) is 20.1 Å². The van der Waals surface area contributed by atoms with Crippen molar-refractivity contribution in [3.8, 4) is 11.1 Å². The summed E-state index contributed by atoms with van der Waals surface area (Å²) in [6.07, 6.45) is 3.92. The van der Waals surface area contributed by atoms with E-state index < -0.39 is 0 Å². The number of carbonyl (C=O) groups excluding carboxylic acids is 2. The van der Waals surface area contributed by atoms with Gasteiger partial charge >= 0.3 is 0 Å². The number of hydrogen-bond donors (Lipinski definition) is 3. The average molecular weight is 523 g/mol. The standard InChI is InChI=1S/C31H34N6O2/c1-6-26(38)37-17-15-22(18-37)33-29-27-24(14-16-32-28(27)35-36-29)23-8-7-9-25(19(23)2)34-30(39)20-10-12-21(13-11-20)31(3,4)5/h6-14,16,22H,1,15,17-18H2,2-5H3,(H,34,39)(H2,32,33,35,36). The van der Waals surface area contributed by atoms with Gasteiger partial charge in [-0.15, -0.1) is 0 Å². The molecule has 39 heavy (non-hydrogen) atoms. The molecule has 200 valence electrons. The van der Waals surface area contributed by atoms with Crippen LogP contribution in [0.1, 0.15) is 48.7 Å². The molecule has 8 heteroatoms. The third kappa shape index (κ3) is 5.27. The molecule has 0 radical (unpaired) electrons. The molecule has 4 aromatic rings. The van der Waals surface area contributed by atoms with Gasteiger partial charge in [0.1, 0.15) is 0 Å². The van der Waals surface area contributed by atoms with Crippen molar-refractivity contribution in [2.45, 2.75) is 45.6 Å². The maximum absolute atomic E-state index is 13.1. The van der Waals surface area contributed by atoms with Crippen LogP contribution in [0.5, 0.6) is 0 Å². The topological polar surface area (TPSA) is 103 Å². The van der Waals surface area contributed by atoms with E-state index in [9.17, 15) is 9.59 Å². The van der Waals surface area contributed by atoms with Crippen LogP contribution in [-0.2, 0) is 10.2 Å². The van der Waals surface area contributed by atoms with E-state index in [1.54, 1.807) is 11.1 Å². The SMILES string of the molecule is C=CC(=O)N1CCC(Nc2n[nH]c3nccc(-c4cccc(NC(=O)c5ccc(C(C)(C)C)cc5)c4C)c23)C1. The lowest BCUT2D eigenvalue weighted by molar-refractivity contribution is -0.125. The van der Waals surface area contributed by atoms with Crippen molar-refractivity contribution >= 4 is 34.4 Å². The Morgan fingerprint density at radius 1 is 1.10 bits per heavy atom. The zero-order chi connectivity index (χ0) is 27.7. The summed E-state index contributed by atoms with van der Waals surface area (Å²) in [6, 6.07) is 15.7. The van der Waals surface area contributed by atoms with Gasteiger partial charge in [-0.1, -0.05) is 51.6 Å². The van der Waals surface area contributed by atoms with Gasteiger partial charge in [0.15, 0.2) is 11.5 Å². The monoisotopic (exact) mass is 522 g/mol. The molecule has 1 atom stereocenters. The second kappa shape index (κ2) is 10.4. The largest absolute Gasteiger partial charge is 0.363 e. The quantitative estimate of drug-likeness (QED) is 0.283. The van der Waals surface area contributed by atoms with Gasteiger partial charge in [0, 0.05) is 36.6 Å². The summed E-state index contributed by atoms with van der Waals surface area (Å²) in [5.74, 6) is 0.480. The van der Waals surface area contributed by atoms with Crippen LogP contribution in [0, 0.1) is 6.92 Å². The molecular formula is C31H34N6O2. The lowest BCUT2D eigenvalue weighted by Gasteiger charge is -2.19. The van der Waals surface area contributed by atoms with Gasteiger partial charge in [-0.3, -0.25) is 14.7 Å². The van der Waals surface area contributed by atoms with Crippen LogP contribution in [0.3, 0.4) is 0 Å². The number of aromatic nitrogens is 3. The fourth-order valence-corrected chi connectivity index (χ4v) is 5.06. The minimum atomic E-state index is -0.152. The molecule has 0 saturated carbocycles. The highest BCUT2D eigenvalue weighted by molar-refractivity contribution is 6.06. The molecule has 0 spiro atoms. The van der Waals surface area contributed by atoms with E-state index in [1.165, 1.54) is 11.6 Å². The molecular weight excluding hydrogens is 488 g/mol. The number of pyridine rings is 1. The molecule has 2 amide bonds. The first-order valence-electron chi connectivity index (χ1n) is 13.2. The normalized spacial score (nSPS) is 15.4. The van der Waals surface area contributed by atoms with E-state index >= 15 is 0 Å². The maximum atomic E-state index is 13.1. The van der Waals surface area contributed by atoms with Gasteiger partial charge in [-0.25, -0.2) is 4.98 Å². The van der Waals surface area contributed by atoms with Gasteiger partial charge in [0.05, 0.1) is 5.39 Å². The van der Waals surface area contributed by atoms with Crippen molar-refractivity contribution in [2.75, 3.05) is 23.7 Å². The van der Waals surface area contributed by atoms with Crippen molar-refractivity contribution in [3.63, 3.8) is 0 Å². The number of likely N-dealkylation sites (tertiary alicyclic amines) is 1. The lowest BCUT2D eigenvalue weighted by Crippen LogP contribution is -2.30. The summed E-state index contributed by atoms with van der Waals surface area (Å²) in [4.78, 5) is 31.4. The van der Waals surface area contributed by atoms with E-state index in [4.69, 9.17) is 0 Å². The van der Waals surface area contributed by atoms with Crippen LogP contribution >= 0.6 is 0 Å². The molecule has 1 fully saturated rings. The molecule has 8 nitrogen and oxygen atoms in total. The predicted octanol–water partition coefficient (Wildman–Crippen LogP) is 5.68. The molecule has 2 aromatic carbocycles. The fourth-order valence-electron chi connectivity index (χ4n) is 5.06. The van der Waals surface area contributed by atoms with E-state index in [1.807, 2.05) is 55.5 Å². The van der Waals surface area contributed by atoms with Crippen LogP contribution in [0.4, 0.5) is 11.5 Å². The number of H-pyrrole nitrogens is 1. The van der Waals surface area contributed by atoms with Crippen LogP contribution in [0.2, 0.25) is 0 Å². The van der Waals surface area contributed by atoms with Crippen LogP contribution in [-0.4, -0.2) is 51.0 Å². The first-order chi connectivity index (χ1) is 18.7. The summed E-state index contributed by atoms with van der Waals surface area (Å²) < 4.78 is 0. The minimum Gasteiger partial charge on any atom is -0.363 e. The number of aromatic amines is 1. The number of amides is 2. The Labute approximate surface area is 228 Å². The Bertz CT molecular complexity index is 1550. The maximum Gasteiger partial charge on any atom is 0.255 e. The second-order valence-electron chi connectivity index (χ2n) is 11.0. The van der Waals surface area contributed by atoms with Gasteiger partial charge in [-0.2, -0.15) is 5.10 Å². The van der Waals surface area contributed by atoms with E-state index in [2.05, 4.69) is 53.2 Å². The number of rotatable bonds is 6. The summed E-state index contributed by atoms with van der Waals surface area (Å²) in [5, 5.41) is 15.0. The molecule has 0 aliphatic carbocycles. The van der Waals surface area contributed by atoms with Gasteiger partial charge in [0.25, 0.3) is 5.91 Å². The lowest BCUT2D eigenvalue weighted by atomic mass is 9.86. The fraction of sp³-hybridized carbons (Fsp3) is 0.290. The van der Waals surface area contributed by atoms with Crippen LogP contribution in [0.25, 0.3) is 22.2 Å². The first kappa shape index (κ1) is 26.2. The van der Waals surface area contributed by atoms with E-state index in [-0.39, 0.29) is 23.3 Å². The molecule has 3 heterocycles. The van der Waals surface area contributed by atoms with E-state index in [0.29, 0.717) is 30.1 Å². The highest BCUT2D eigenvalue weighted by Gasteiger charge is 2.26.